The van der Waals surface area contributed by atoms with Crippen molar-refractivity contribution in [3.05, 3.63) is 11.6 Å². The lowest BCUT2D eigenvalue weighted by molar-refractivity contribution is -0.131. The predicted molar refractivity (Wildman–Crippen MR) is 133 cm³/mol. The first-order chi connectivity index (χ1) is 14.4. The average molecular weight is 429 g/mol. The zero-order chi connectivity index (χ0) is 22.8. The maximum Gasteiger partial charge on any atom is 0.0594 e. The lowest BCUT2D eigenvalue weighted by Gasteiger charge is -2.64. The summed E-state index contributed by atoms with van der Waals surface area (Å²) in [5.41, 5.74) is 3.13. The predicted octanol–water partition coefficient (Wildman–Crippen LogP) is 8.41. The molecule has 4 aliphatic rings. The van der Waals surface area contributed by atoms with Gasteiger partial charge in [0.25, 0.3) is 0 Å². The van der Waals surface area contributed by atoms with Crippen LogP contribution in [-0.4, -0.2) is 11.2 Å². The van der Waals surface area contributed by atoms with Crippen LogP contribution >= 0.6 is 0 Å². The van der Waals surface area contributed by atoms with E-state index in [2.05, 4.69) is 61.5 Å². The highest BCUT2D eigenvalue weighted by molar-refractivity contribution is 5.33. The Balaban J connectivity index is 1.60. The highest BCUT2D eigenvalue weighted by Crippen LogP contribution is 2.73. The van der Waals surface area contributed by atoms with E-state index < -0.39 is 0 Å². The Morgan fingerprint density at radius 2 is 1.65 bits per heavy atom. The van der Waals surface area contributed by atoms with Gasteiger partial charge in [0, 0.05) is 0 Å². The molecule has 1 N–H and O–H groups in total. The maximum absolute atomic E-state index is 10.8. The van der Waals surface area contributed by atoms with Crippen LogP contribution in [0.5, 0.6) is 0 Å². The van der Waals surface area contributed by atoms with Gasteiger partial charge in [-0.1, -0.05) is 86.3 Å². The van der Waals surface area contributed by atoms with Gasteiger partial charge in [-0.2, -0.15) is 0 Å². The molecule has 0 amide bonds. The van der Waals surface area contributed by atoms with Gasteiger partial charge < -0.3 is 5.11 Å². The van der Waals surface area contributed by atoms with Gasteiger partial charge in [-0.15, -0.1) is 0 Å². The Labute approximate surface area is 193 Å². The van der Waals surface area contributed by atoms with Crippen LogP contribution in [0.3, 0.4) is 0 Å². The fourth-order valence-electron chi connectivity index (χ4n) is 9.70. The minimum absolute atomic E-state index is 0.0415. The summed E-state index contributed by atoms with van der Waals surface area (Å²) < 4.78 is 0. The van der Waals surface area contributed by atoms with Crippen LogP contribution in [0.25, 0.3) is 0 Å². The SMILES string of the molecule is CC(C)CCCC(C)C1CCC2(C)C3=CCC4C(C)(C)C(O)CCC4(C)C3CCC12C. The van der Waals surface area contributed by atoms with Crippen molar-refractivity contribution in [1.82, 2.24) is 0 Å². The van der Waals surface area contributed by atoms with E-state index in [4.69, 9.17) is 0 Å². The number of hydrogen-bond donors (Lipinski definition) is 1. The first-order valence-corrected chi connectivity index (χ1v) is 13.8. The topological polar surface area (TPSA) is 20.2 Å². The average Bonchev–Trinajstić information content (AvgIpc) is 2.96. The molecule has 8 atom stereocenters. The molecule has 0 aromatic heterocycles. The molecule has 0 spiro atoms. The summed E-state index contributed by atoms with van der Waals surface area (Å²) in [6.07, 6.45) is 15.8. The van der Waals surface area contributed by atoms with Gasteiger partial charge in [0.05, 0.1) is 6.10 Å². The summed E-state index contributed by atoms with van der Waals surface area (Å²) in [6, 6.07) is 0. The van der Waals surface area contributed by atoms with Gasteiger partial charge in [0.15, 0.2) is 0 Å². The van der Waals surface area contributed by atoms with Gasteiger partial charge in [0.1, 0.15) is 0 Å². The van der Waals surface area contributed by atoms with E-state index in [0.717, 1.165) is 30.1 Å². The van der Waals surface area contributed by atoms with E-state index in [1.807, 2.05) is 5.57 Å². The van der Waals surface area contributed by atoms with Crippen LogP contribution in [0.4, 0.5) is 0 Å². The van der Waals surface area contributed by atoms with E-state index >= 15 is 0 Å². The van der Waals surface area contributed by atoms with Crippen molar-refractivity contribution in [2.75, 3.05) is 0 Å². The van der Waals surface area contributed by atoms with Crippen LogP contribution in [0.1, 0.15) is 120 Å². The van der Waals surface area contributed by atoms with Gasteiger partial charge in [0.2, 0.25) is 0 Å². The largest absolute Gasteiger partial charge is 0.393 e. The molecular weight excluding hydrogens is 376 g/mol. The van der Waals surface area contributed by atoms with Gasteiger partial charge in [-0.05, 0) is 96.2 Å². The Morgan fingerprint density at radius 1 is 0.935 bits per heavy atom. The molecule has 0 aromatic carbocycles. The molecular formula is C30H52O. The third-order valence-corrected chi connectivity index (χ3v) is 12.0. The molecule has 4 aliphatic carbocycles. The van der Waals surface area contributed by atoms with Crippen LogP contribution in [0.2, 0.25) is 0 Å². The normalized spacial score (nSPS) is 47.4. The molecule has 3 fully saturated rings. The minimum atomic E-state index is -0.132. The van der Waals surface area contributed by atoms with Crippen LogP contribution < -0.4 is 0 Å². The number of fused-ring (bicyclic) bond motifs is 5. The summed E-state index contributed by atoms with van der Waals surface area (Å²) in [6.45, 7) is 20.0. The quantitative estimate of drug-likeness (QED) is 0.436. The van der Waals surface area contributed by atoms with E-state index in [-0.39, 0.29) is 11.5 Å². The van der Waals surface area contributed by atoms with Crippen molar-refractivity contribution < 1.29 is 5.11 Å². The lowest BCUT2D eigenvalue weighted by atomic mass is 9.41. The molecule has 0 saturated heterocycles. The zero-order valence-corrected chi connectivity index (χ0v) is 22.1. The summed E-state index contributed by atoms with van der Waals surface area (Å²) in [5.74, 6) is 3.95. The van der Waals surface area contributed by atoms with Crippen molar-refractivity contribution in [3.8, 4) is 0 Å². The van der Waals surface area contributed by atoms with Crippen LogP contribution in [-0.2, 0) is 0 Å². The highest BCUT2D eigenvalue weighted by atomic mass is 16.3. The summed E-state index contributed by atoms with van der Waals surface area (Å²) in [5, 5.41) is 10.8. The Bertz CT molecular complexity index is 703. The molecule has 31 heavy (non-hydrogen) atoms. The first kappa shape index (κ1) is 23.8. The molecule has 8 unspecified atom stereocenters. The van der Waals surface area contributed by atoms with Gasteiger partial charge >= 0.3 is 0 Å². The number of aliphatic hydroxyl groups excluding tert-OH is 1. The third-order valence-electron chi connectivity index (χ3n) is 12.0. The maximum atomic E-state index is 10.8. The monoisotopic (exact) mass is 428 g/mol. The fraction of sp³-hybridized carbons (Fsp3) is 0.933. The Hall–Kier alpha value is -0.300. The summed E-state index contributed by atoms with van der Waals surface area (Å²) in [7, 11) is 0. The van der Waals surface area contributed by atoms with E-state index in [0.29, 0.717) is 22.2 Å². The molecule has 0 heterocycles. The number of allylic oxidation sites excluding steroid dienone is 2. The second-order valence-electron chi connectivity index (χ2n) is 14.1. The summed E-state index contributed by atoms with van der Waals surface area (Å²) >= 11 is 0. The second-order valence-corrected chi connectivity index (χ2v) is 14.1. The van der Waals surface area contributed by atoms with Crippen molar-refractivity contribution >= 4 is 0 Å². The molecule has 0 radical (unpaired) electrons. The molecule has 1 nitrogen and oxygen atoms in total. The molecule has 178 valence electrons. The number of rotatable bonds is 5. The van der Waals surface area contributed by atoms with Crippen LogP contribution in [0, 0.1) is 51.2 Å². The highest BCUT2D eigenvalue weighted by Gasteiger charge is 2.65. The van der Waals surface area contributed by atoms with E-state index in [9.17, 15) is 5.11 Å². The second kappa shape index (κ2) is 7.89. The molecule has 4 rings (SSSR count). The minimum Gasteiger partial charge on any atom is -0.393 e. The van der Waals surface area contributed by atoms with E-state index in [1.165, 1.54) is 57.8 Å². The van der Waals surface area contributed by atoms with Crippen molar-refractivity contribution in [1.29, 1.82) is 0 Å². The van der Waals surface area contributed by atoms with Crippen molar-refractivity contribution in [3.63, 3.8) is 0 Å². The molecule has 3 saturated carbocycles. The first-order valence-electron chi connectivity index (χ1n) is 13.8. The van der Waals surface area contributed by atoms with E-state index in [1.54, 1.807) is 0 Å². The summed E-state index contributed by atoms with van der Waals surface area (Å²) in [4.78, 5) is 0. The van der Waals surface area contributed by atoms with Gasteiger partial charge in [-0.25, -0.2) is 0 Å². The number of aliphatic hydroxyl groups is 1. The zero-order valence-electron chi connectivity index (χ0n) is 22.1. The van der Waals surface area contributed by atoms with Crippen molar-refractivity contribution in [2.45, 2.75) is 126 Å². The fourth-order valence-corrected chi connectivity index (χ4v) is 9.70. The Morgan fingerprint density at radius 3 is 2.32 bits per heavy atom. The standard InChI is InChI=1S/C30H52O/c1-20(2)10-9-11-21(3)22-14-18-30(8)24-12-13-25-27(4,5)26(31)16-17-28(25,6)23(24)15-19-29(22,30)7/h12,20-23,25-26,31H,9-11,13-19H2,1-8H3. The smallest absolute Gasteiger partial charge is 0.0594 e. The Kier molecular flexibility index (Phi) is 6.07. The molecule has 0 aliphatic heterocycles. The van der Waals surface area contributed by atoms with Crippen LogP contribution in [0.15, 0.2) is 11.6 Å². The third kappa shape index (κ3) is 3.41. The molecule has 0 bridgehead atoms. The van der Waals surface area contributed by atoms with Gasteiger partial charge in [-0.3, -0.25) is 0 Å². The molecule has 0 aromatic rings. The van der Waals surface area contributed by atoms with Crippen molar-refractivity contribution in [2.24, 2.45) is 51.2 Å². The number of hydrogen-bond acceptors (Lipinski definition) is 1. The molecule has 1 heteroatoms. The lowest BCUT2D eigenvalue weighted by Crippen LogP contribution is -2.58.